The van der Waals surface area contributed by atoms with E-state index in [2.05, 4.69) is 11.4 Å². The number of nitriles is 1. The van der Waals surface area contributed by atoms with E-state index in [1.54, 1.807) is 0 Å². The highest BCUT2D eigenvalue weighted by Crippen LogP contribution is 2.17. The maximum atomic E-state index is 9.68. The van der Waals surface area contributed by atoms with E-state index in [1.165, 1.54) is 0 Å². The highest BCUT2D eigenvalue weighted by Gasteiger charge is 2.19. The molecule has 0 rings (SSSR count). The van der Waals surface area contributed by atoms with Crippen molar-refractivity contribution in [1.29, 1.82) is 5.26 Å². The molecule has 0 aliphatic rings. The first-order valence-electron chi connectivity index (χ1n) is 5.17. The molecule has 0 aromatic carbocycles. The second kappa shape index (κ2) is 5.33. The molecule has 0 bridgehead atoms. The molecule has 0 spiro atoms. The normalized spacial score (nSPS) is 16.0. The van der Waals surface area contributed by atoms with Crippen LogP contribution < -0.4 is 5.32 Å². The van der Waals surface area contributed by atoms with E-state index >= 15 is 0 Å². The first kappa shape index (κ1) is 13.4. The molecule has 0 aliphatic carbocycles. The monoisotopic (exact) mass is 198 g/mol. The van der Waals surface area contributed by atoms with Crippen LogP contribution in [0.3, 0.4) is 0 Å². The molecule has 0 saturated carbocycles. The Morgan fingerprint density at radius 3 is 2.36 bits per heavy atom. The second-order valence-electron chi connectivity index (χ2n) is 4.77. The highest BCUT2D eigenvalue weighted by atomic mass is 16.3. The Morgan fingerprint density at radius 2 is 1.93 bits per heavy atom. The minimum absolute atomic E-state index is 0.273. The van der Waals surface area contributed by atoms with E-state index in [-0.39, 0.29) is 5.41 Å². The summed E-state index contributed by atoms with van der Waals surface area (Å²) in [6.45, 7) is 8.98. The molecule has 2 N–H and O–H groups in total. The van der Waals surface area contributed by atoms with Gasteiger partial charge in [0, 0.05) is 6.54 Å². The Bertz CT molecular complexity index is 204. The first-order chi connectivity index (χ1) is 6.33. The van der Waals surface area contributed by atoms with E-state index in [9.17, 15) is 5.11 Å². The minimum Gasteiger partial charge on any atom is -0.389 e. The lowest BCUT2D eigenvalue weighted by Gasteiger charge is -2.23. The zero-order valence-corrected chi connectivity index (χ0v) is 9.72. The summed E-state index contributed by atoms with van der Waals surface area (Å²) in [4.78, 5) is 0. The van der Waals surface area contributed by atoms with Crippen LogP contribution in [0.25, 0.3) is 0 Å². The summed E-state index contributed by atoms with van der Waals surface area (Å²) >= 11 is 0. The fourth-order valence-electron chi connectivity index (χ4n) is 0.939. The van der Waals surface area contributed by atoms with Crippen LogP contribution in [0, 0.1) is 16.7 Å². The lowest BCUT2D eigenvalue weighted by Crippen LogP contribution is -2.38. The molecular formula is C11H22N2O. The molecule has 14 heavy (non-hydrogen) atoms. The Labute approximate surface area is 87.1 Å². The molecule has 0 aliphatic heterocycles. The van der Waals surface area contributed by atoms with Crippen LogP contribution in [0.2, 0.25) is 0 Å². The zero-order chi connectivity index (χ0) is 11.2. The topological polar surface area (TPSA) is 56.0 Å². The molecule has 1 unspecified atom stereocenters. The smallest absolute Gasteiger partial charge is 0.0740 e. The highest BCUT2D eigenvalue weighted by molar-refractivity contribution is 4.92. The van der Waals surface area contributed by atoms with Gasteiger partial charge >= 0.3 is 0 Å². The van der Waals surface area contributed by atoms with Crippen LogP contribution in [0.5, 0.6) is 0 Å². The number of nitrogens with one attached hydrogen (secondary N) is 1. The number of hydrogen-bond donors (Lipinski definition) is 2. The third-order valence-electron chi connectivity index (χ3n) is 2.50. The molecule has 3 nitrogen and oxygen atoms in total. The Hall–Kier alpha value is -0.590. The Morgan fingerprint density at radius 1 is 1.36 bits per heavy atom. The van der Waals surface area contributed by atoms with Gasteiger partial charge in [-0.3, -0.25) is 0 Å². The van der Waals surface area contributed by atoms with Crippen molar-refractivity contribution in [3.63, 3.8) is 0 Å². The summed E-state index contributed by atoms with van der Waals surface area (Å²) in [7, 11) is 0. The number of aliphatic hydroxyl groups is 1. The number of hydrogen-bond acceptors (Lipinski definition) is 3. The Balaban J connectivity index is 3.63. The van der Waals surface area contributed by atoms with Crippen LogP contribution in [-0.2, 0) is 0 Å². The number of nitrogens with zero attached hydrogens (tertiary/aromatic N) is 1. The van der Waals surface area contributed by atoms with Crippen LogP contribution in [0.1, 0.15) is 40.5 Å². The molecular weight excluding hydrogens is 176 g/mol. The molecule has 0 aromatic rings. The first-order valence-corrected chi connectivity index (χ1v) is 5.17. The van der Waals surface area contributed by atoms with E-state index in [1.807, 2.05) is 27.7 Å². The van der Waals surface area contributed by atoms with Gasteiger partial charge in [0.15, 0.2) is 0 Å². The van der Waals surface area contributed by atoms with Gasteiger partial charge in [-0.2, -0.15) is 5.26 Å². The fourth-order valence-corrected chi connectivity index (χ4v) is 0.939. The SMILES string of the molecule is CCC(C)(O)CNCCC(C)(C)C#N. The maximum absolute atomic E-state index is 9.68. The lowest BCUT2D eigenvalue weighted by molar-refractivity contribution is 0.0555. The van der Waals surface area contributed by atoms with Gasteiger partial charge in [0.2, 0.25) is 0 Å². The van der Waals surface area contributed by atoms with Gasteiger partial charge in [-0.1, -0.05) is 6.92 Å². The van der Waals surface area contributed by atoms with Crippen LogP contribution in [0.15, 0.2) is 0 Å². The molecule has 0 aromatic heterocycles. The molecule has 0 fully saturated rings. The largest absolute Gasteiger partial charge is 0.389 e. The van der Waals surface area contributed by atoms with Crippen LogP contribution in [0.4, 0.5) is 0 Å². The third kappa shape index (κ3) is 5.95. The van der Waals surface area contributed by atoms with Gasteiger partial charge in [0.25, 0.3) is 0 Å². The predicted molar refractivity (Wildman–Crippen MR) is 57.8 cm³/mol. The van der Waals surface area contributed by atoms with Crippen molar-refractivity contribution in [2.75, 3.05) is 13.1 Å². The minimum atomic E-state index is -0.628. The maximum Gasteiger partial charge on any atom is 0.0740 e. The molecule has 0 saturated heterocycles. The van der Waals surface area contributed by atoms with Crippen LogP contribution in [-0.4, -0.2) is 23.8 Å². The molecule has 0 heterocycles. The molecule has 3 heteroatoms. The standard InChI is InChI=1S/C11H22N2O/c1-5-11(4,14)9-13-7-6-10(2,3)8-12/h13-14H,5-7,9H2,1-4H3. The molecule has 0 radical (unpaired) electrons. The molecule has 1 atom stereocenters. The van der Waals surface area contributed by atoms with Gasteiger partial charge in [0.1, 0.15) is 0 Å². The van der Waals surface area contributed by atoms with E-state index < -0.39 is 5.60 Å². The lowest BCUT2D eigenvalue weighted by atomic mass is 9.91. The van der Waals surface area contributed by atoms with Crippen LogP contribution >= 0.6 is 0 Å². The van der Waals surface area contributed by atoms with Crippen molar-refractivity contribution in [2.45, 2.75) is 46.1 Å². The van der Waals surface area contributed by atoms with Gasteiger partial charge in [-0.05, 0) is 40.2 Å². The summed E-state index contributed by atoms with van der Waals surface area (Å²) in [5.74, 6) is 0. The van der Waals surface area contributed by atoms with Gasteiger partial charge in [0.05, 0.1) is 17.1 Å². The third-order valence-corrected chi connectivity index (χ3v) is 2.50. The molecule has 0 amide bonds. The van der Waals surface area contributed by atoms with Crippen molar-refractivity contribution in [2.24, 2.45) is 5.41 Å². The van der Waals surface area contributed by atoms with Gasteiger partial charge < -0.3 is 10.4 Å². The van der Waals surface area contributed by atoms with E-state index in [0.29, 0.717) is 6.54 Å². The van der Waals surface area contributed by atoms with Gasteiger partial charge in [-0.15, -0.1) is 0 Å². The summed E-state index contributed by atoms with van der Waals surface area (Å²) in [5, 5.41) is 21.6. The summed E-state index contributed by atoms with van der Waals surface area (Å²) < 4.78 is 0. The quantitative estimate of drug-likeness (QED) is 0.638. The number of rotatable bonds is 6. The van der Waals surface area contributed by atoms with E-state index in [4.69, 9.17) is 5.26 Å². The van der Waals surface area contributed by atoms with Crippen molar-refractivity contribution in [3.05, 3.63) is 0 Å². The van der Waals surface area contributed by atoms with Crippen molar-refractivity contribution in [1.82, 2.24) is 5.32 Å². The average Bonchev–Trinajstić information content (AvgIpc) is 2.13. The zero-order valence-electron chi connectivity index (χ0n) is 9.72. The van der Waals surface area contributed by atoms with Gasteiger partial charge in [-0.25, -0.2) is 0 Å². The second-order valence-corrected chi connectivity index (χ2v) is 4.77. The predicted octanol–water partition coefficient (Wildman–Crippen LogP) is 1.68. The van der Waals surface area contributed by atoms with E-state index in [0.717, 1.165) is 19.4 Å². The summed E-state index contributed by atoms with van der Waals surface area (Å²) in [6, 6.07) is 2.25. The van der Waals surface area contributed by atoms with Crippen molar-refractivity contribution < 1.29 is 5.11 Å². The summed E-state index contributed by atoms with van der Waals surface area (Å²) in [6.07, 6.45) is 1.55. The Kier molecular flexibility index (Phi) is 5.11. The van der Waals surface area contributed by atoms with Crippen molar-refractivity contribution >= 4 is 0 Å². The van der Waals surface area contributed by atoms with Crippen molar-refractivity contribution in [3.8, 4) is 6.07 Å². The average molecular weight is 198 g/mol. The fraction of sp³-hybridized carbons (Fsp3) is 0.909. The molecule has 82 valence electrons. The summed E-state index contributed by atoms with van der Waals surface area (Å²) in [5.41, 5.74) is -0.901.